The molecule has 1 heterocycles. The highest BCUT2D eigenvalue weighted by Gasteiger charge is 2.59. The Hall–Kier alpha value is -1.22. The zero-order valence-corrected chi connectivity index (χ0v) is 18.5. The lowest BCUT2D eigenvalue weighted by atomic mass is 9.51. The van der Waals surface area contributed by atoms with Gasteiger partial charge < -0.3 is 24.8 Å². The van der Waals surface area contributed by atoms with Gasteiger partial charge in [-0.3, -0.25) is 4.99 Å². The average Bonchev–Trinajstić information content (AvgIpc) is 2.83. The standard InChI is InChI=1S/C20H29N3O3.HI/c1-3-24-18-13-17(20(18)8-4-9-20)23-19(21-2)22-14-6-7-15-16(12-14)26-11-5-10-25-15;/h6-7,12,17-18H,3-5,8-11,13H2,1-2H3,(H2,21,22,23);1H. The van der Waals surface area contributed by atoms with Gasteiger partial charge in [-0.05, 0) is 38.3 Å². The van der Waals surface area contributed by atoms with Crippen molar-refractivity contribution in [1.29, 1.82) is 0 Å². The van der Waals surface area contributed by atoms with E-state index in [0.29, 0.717) is 30.8 Å². The first-order valence-corrected chi connectivity index (χ1v) is 9.77. The van der Waals surface area contributed by atoms with Gasteiger partial charge in [-0.2, -0.15) is 0 Å². The number of halogens is 1. The van der Waals surface area contributed by atoms with E-state index in [0.717, 1.165) is 42.6 Å². The summed E-state index contributed by atoms with van der Waals surface area (Å²) in [4.78, 5) is 4.41. The SMILES string of the molecule is CCOC1CC(NC(=NC)Nc2ccc3c(c2)OCCCO3)C12CCC2.I. The second-order valence-corrected chi connectivity index (χ2v) is 7.37. The van der Waals surface area contributed by atoms with Gasteiger partial charge in [0.15, 0.2) is 17.5 Å². The molecule has 0 bridgehead atoms. The van der Waals surface area contributed by atoms with Crippen LogP contribution in [-0.4, -0.2) is 45.0 Å². The van der Waals surface area contributed by atoms with Gasteiger partial charge in [-0.25, -0.2) is 0 Å². The first-order valence-electron chi connectivity index (χ1n) is 9.77. The fourth-order valence-electron chi connectivity index (χ4n) is 4.34. The Morgan fingerprint density at radius 2 is 2.00 bits per heavy atom. The molecule has 0 saturated heterocycles. The highest BCUT2D eigenvalue weighted by Crippen LogP contribution is 2.57. The second-order valence-electron chi connectivity index (χ2n) is 7.37. The molecule has 27 heavy (non-hydrogen) atoms. The van der Waals surface area contributed by atoms with Crippen molar-refractivity contribution in [3.8, 4) is 11.5 Å². The van der Waals surface area contributed by atoms with Crippen LogP contribution in [-0.2, 0) is 4.74 Å². The molecule has 0 aromatic heterocycles. The van der Waals surface area contributed by atoms with Gasteiger partial charge in [-0.15, -0.1) is 24.0 Å². The highest BCUT2D eigenvalue weighted by molar-refractivity contribution is 14.0. The summed E-state index contributed by atoms with van der Waals surface area (Å²) in [6.45, 7) is 4.27. The van der Waals surface area contributed by atoms with Gasteiger partial charge in [0.2, 0.25) is 0 Å². The molecule has 2 saturated carbocycles. The van der Waals surface area contributed by atoms with Crippen LogP contribution in [0.1, 0.15) is 39.0 Å². The molecule has 2 unspecified atom stereocenters. The molecule has 2 fully saturated rings. The summed E-state index contributed by atoms with van der Waals surface area (Å²) in [6, 6.07) is 6.37. The number of hydrogen-bond donors (Lipinski definition) is 2. The zero-order valence-electron chi connectivity index (χ0n) is 16.1. The molecule has 4 rings (SSSR count). The van der Waals surface area contributed by atoms with Crippen LogP contribution in [0.3, 0.4) is 0 Å². The van der Waals surface area contributed by atoms with Gasteiger partial charge in [-0.1, -0.05) is 6.42 Å². The van der Waals surface area contributed by atoms with E-state index in [-0.39, 0.29) is 24.0 Å². The van der Waals surface area contributed by atoms with E-state index in [2.05, 4.69) is 22.5 Å². The third-order valence-corrected chi connectivity index (χ3v) is 5.98. The molecule has 1 spiro atoms. The van der Waals surface area contributed by atoms with Gasteiger partial charge >= 0.3 is 0 Å². The maximum atomic E-state index is 5.94. The fourth-order valence-corrected chi connectivity index (χ4v) is 4.34. The first kappa shape index (κ1) is 20.5. The molecular weight excluding hydrogens is 457 g/mol. The quantitative estimate of drug-likeness (QED) is 0.385. The van der Waals surface area contributed by atoms with Crippen LogP contribution in [0.4, 0.5) is 5.69 Å². The number of aliphatic imine (C=N–C) groups is 1. The Labute approximate surface area is 178 Å². The van der Waals surface area contributed by atoms with Crippen LogP contribution in [0.5, 0.6) is 11.5 Å². The zero-order chi connectivity index (χ0) is 18.0. The number of rotatable bonds is 4. The first-order chi connectivity index (χ1) is 12.7. The molecule has 1 aromatic rings. The number of nitrogens with one attached hydrogen (secondary N) is 2. The third-order valence-electron chi connectivity index (χ3n) is 5.98. The minimum Gasteiger partial charge on any atom is -0.490 e. The Morgan fingerprint density at radius 3 is 2.67 bits per heavy atom. The number of ether oxygens (including phenoxy) is 3. The summed E-state index contributed by atoms with van der Waals surface area (Å²) in [6.07, 6.45) is 6.15. The molecule has 2 N–H and O–H groups in total. The molecular formula is C20H30IN3O3. The number of nitrogens with zero attached hydrogens (tertiary/aromatic N) is 1. The normalized spacial score (nSPS) is 25.5. The Bertz CT molecular complexity index is 678. The van der Waals surface area contributed by atoms with Gasteiger partial charge in [0.05, 0.1) is 19.3 Å². The highest BCUT2D eigenvalue weighted by atomic mass is 127. The molecule has 2 aliphatic carbocycles. The van der Waals surface area contributed by atoms with E-state index in [9.17, 15) is 0 Å². The van der Waals surface area contributed by atoms with Crippen molar-refractivity contribution in [2.24, 2.45) is 10.4 Å². The average molecular weight is 487 g/mol. The number of anilines is 1. The second kappa shape index (κ2) is 8.86. The van der Waals surface area contributed by atoms with Crippen molar-refractivity contribution in [1.82, 2.24) is 5.32 Å². The summed E-state index contributed by atoms with van der Waals surface area (Å²) in [5.41, 5.74) is 1.25. The lowest BCUT2D eigenvalue weighted by Gasteiger charge is -2.61. The monoisotopic (exact) mass is 487 g/mol. The van der Waals surface area contributed by atoms with Crippen LogP contribution in [0.15, 0.2) is 23.2 Å². The summed E-state index contributed by atoms with van der Waals surface area (Å²) in [5.74, 6) is 2.40. The van der Waals surface area contributed by atoms with Gasteiger partial charge in [0, 0.05) is 43.3 Å². The topological polar surface area (TPSA) is 64.1 Å². The van der Waals surface area contributed by atoms with E-state index in [4.69, 9.17) is 14.2 Å². The molecule has 1 aliphatic heterocycles. The number of benzene rings is 1. The maximum Gasteiger partial charge on any atom is 0.195 e. The Kier molecular flexibility index (Phi) is 6.73. The van der Waals surface area contributed by atoms with E-state index < -0.39 is 0 Å². The molecule has 0 radical (unpaired) electrons. The number of guanidine groups is 1. The van der Waals surface area contributed by atoms with Crippen molar-refractivity contribution in [3.63, 3.8) is 0 Å². The summed E-state index contributed by atoms with van der Waals surface area (Å²) >= 11 is 0. The van der Waals surface area contributed by atoms with Crippen molar-refractivity contribution in [3.05, 3.63) is 18.2 Å². The summed E-state index contributed by atoms with van der Waals surface area (Å²) in [5, 5.41) is 7.01. The largest absolute Gasteiger partial charge is 0.490 e. The number of fused-ring (bicyclic) bond motifs is 1. The molecule has 1 aromatic carbocycles. The molecule has 150 valence electrons. The maximum absolute atomic E-state index is 5.94. The van der Waals surface area contributed by atoms with Crippen molar-refractivity contribution >= 4 is 35.6 Å². The molecule has 6 nitrogen and oxygen atoms in total. The summed E-state index contributed by atoms with van der Waals surface area (Å²) in [7, 11) is 1.81. The third kappa shape index (κ3) is 3.99. The molecule has 7 heteroatoms. The summed E-state index contributed by atoms with van der Waals surface area (Å²) < 4.78 is 17.4. The van der Waals surface area contributed by atoms with E-state index in [1.54, 1.807) is 0 Å². The lowest BCUT2D eigenvalue weighted by molar-refractivity contribution is -0.168. The van der Waals surface area contributed by atoms with Crippen LogP contribution in [0.2, 0.25) is 0 Å². The number of hydrogen-bond acceptors (Lipinski definition) is 4. The molecule has 3 aliphatic rings. The van der Waals surface area contributed by atoms with Gasteiger partial charge in [0.1, 0.15) is 0 Å². The van der Waals surface area contributed by atoms with Gasteiger partial charge in [0.25, 0.3) is 0 Å². The van der Waals surface area contributed by atoms with E-state index in [1.807, 2.05) is 25.2 Å². The van der Waals surface area contributed by atoms with E-state index in [1.165, 1.54) is 19.3 Å². The van der Waals surface area contributed by atoms with Crippen LogP contribution in [0, 0.1) is 5.41 Å². The van der Waals surface area contributed by atoms with Crippen molar-refractivity contribution < 1.29 is 14.2 Å². The smallest absolute Gasteiger partial charge is 0.195 e. The van der Waals surface area contributed by atoms with Crippen LogP contribution in [0.25, 0.3) is 0 Å². The Morgan fingerprint density at radius 1 is 1.22 bits per heavy atom. The molecule has 2 atom stereocenters. The van der Waals surface area contributed by atoms with Crippen LogP contribution >= 0.6 is 24.0 Å². The van der Waals surface area contributed by atoms with Crippen LogP contribution < -0.4 is 20.1 Å². The fraction of sp³-hybridized carbons (Fsp3) is 0.650. The minimum atomic E-state index is 0. The minimum absolute atomic E-state index is 0. The van der Waals surface area contributed by atoms with E-state index >= 15 is 0 Å². The van der Waals surface area contributed by atoms with Crippen molar-refractivity contribution in [2.75, 3.05) is 32.2 Å². The predicted octanol–water partition coefficient (Wildman–Crippen LogP) is 3.80. The van der Waals surface area contributed by atoms with Crippen molar-refractivity contribution in [2.45, 2.75) is 51.2 Å². The predicted molar refractivity (Wildman–Crippen MR) is 118 cm³/mol. The lowest BCUT2D eigenvalue weighted by Crippen LogP contribution is -2.68. The Balaban J connectivity index is 0.00000210. The molecule has 0 amide bonds.